The zero-order chi connectivity index (χ0) is 37.9. The number of Topliss-reactive ketones (excluding diaryl/α,β-unsaturated/α-hetero) is 1. The van der Waals surface area contributed by atoms with Crippen LogP contribution in [0.1, 0.15) is 5.56 Å². The van der Waals surface area contributed by atoms with Crippen molar-refractivity contribution in [3.63, 3.8) is 0 Å². The van der Waals surface area contributed by atoms with Crippen LogP contribution in [0, 0.1) is 0 Å². The molecule has 0 atom stereocenters. The number of carbonyl (C=O) groups excluding carboxylic acids is 2. The second kappa shape index (κ2) is 22.3. The Morgan fingerprint density at radius 1 is 0.569 bits per heavy atom. The maximum Gasteiger partial charge on any atom is 0.317 e. The molecule has 19 heteroatoms. The van der Waals surface area contributed by atoms with Gasteiger partial charge in [0.05, 0.1) is 45.8 Å². The molecule has 0 saturated carbocycles. The van der Waals surface area contributed by atoms with Gasteiger partial charge in [0.2, 0.25) is 5.91 Å². The van der Waals surface area contributed by atoms with Crippen molar-refractivity contribution in [1.82, 2.24) is 29.4 Å². The van der Waals surface area contributed by atoms with Crippen LogP contribution in [-0.2, 0) is 40.0 Å². The predicted octanol–water partition coefficient (Wildman–Crippen LogP) is -2.38. The monoisotopic (exact) mass is 723 g/mol. The lowest BCUT2D eigenvalue weighted by Crippen LogP contribution is -2.49. The number of rotatable bonds is 20. The first kappa shape index (κ1) is 42.6. The van der Waals surface area contributed by atoms with Gasteiger partial charge in [-0.1, -0.05) is 12.1 Å². The van der Waals surface area contributed by atoms with Crippen molar-refractivity contribution in [2.45, 2.75) is 6.42 Å². The molecule has 284 valence electrons. The number of likely N-dealkylation sites (N-methyl/N-ethyl adjacent to an activating group) is 1. The third-order valence-corrected chi connectivity index (χ3v) is 7.97. The smallest absolute Gasteiger partial charge is 0.317 e. The Bertz CT molecular complexity index is 1300. The summed E-state index contributed by atoms with van der Waals surface area (Å²) in [5.41, 5.74) is 1.19. The maximum atomic E-state index is 13.1. The van der Waals surface area contributed by atoms with Gasteiger partial charge in [0.15, 0.2) is 5.78 Å². The number of amides is 1. The second-order valence-corrected chi connectivity index (χ2v) is 12.5. The standard InChI is InChI=1S/C32H49N7O12/c1-34(6-7-39(22-31(48)49)23-32(50)51)17-26(40)16-24-2-4-25(5-3-24)33-27(41)18-35-8-10-36(19-28(42)43)12-14-38(21-30(46)47)15-13-37(11-9-35)20-29(44)45/h2-5H,6-23H2,1H3,(H,33,41)(H,42,43)(H,44,45)(H,46,47)(H,48,49)(H,50,51). The Labute approximate surface area is 295 Å². The van der Waals surface area contributed by atoms with Crippen molar-refractivity contribution >= 4 is 47.2 Å². The van der Waals surface area contributed by atoms with E-state index in [2.05, 4.69) is 5.32 Å². The molecule has 6 N–H and O–H groups in total. The summed E-state index contributed by atoms with van der Waals surface area (Å²) in [6.45, 7) is 1.00. The number of ketones is 1. The van der Waals surface area contributed by atoms with Gasteiger partial charge in [-0.3, -0.25) is 63.0 Å². The van der Waals surface area contributed by atoms with Crippen LogP contribution in [0.25, 0.3) is 0 Å². The zero-order valence-electron chi connectivity index (χ0n) is 28.8. The Balaban J connectivity index is 1.97. The molecule has 1 heterocycles. The van der Waals surface area contributed by atoms with E-state index < -0.39 is 42.9 Å². The van der Waals surface area contributed by atoms with Gasteiger partial charge in [0, 0.05) is 77.6 Å². The molecule has 51 heavy (non-hydrogen) atoms. The SMILES string of the molecule is CN(CCN(CC(=O)O)CC(=O)O)CC(=O)Cc1ccc(NC(=O)CN2CCN(CC(=O)O)CCN(CC(=O)O)CCN(CC(=O)O)CC2)cc1. The number of hydrogen-bond acceptors (Lipinski definition) is 13. The highest BCUT2D eigenvalue weighted by atomic mass is 16.4. The van der Waals surface area contributed by atoms with E-state index in [-0.39, 0.29) is 103 Å². The van der Waals surface area contributed by atoms with Crippen LogP contribution in [0.2, 0.25) is 0 Å². The largest absolute Gasteiger partial charge is 0.480 e. The average Bonchev–Trinajstić information content (AvgIpc) is 3.00. The van der Waals surface area contributed by atoms with Crippen molar-refractivity contribution < 1.29 is 59.1 Å². The first-order valence-electron chi connectivity index (χ1n) is 16.4. The van der Waals surface area contributed by atoms with Crippen LogP contribution in [-0.4, -0.2) is 215 Å². The van der Waals surface area contributed by atoms with Crippen LogP contribution < -0.4 is 5.32 Å². The first-order valence-corrected chi connectivity index (χ1v) is 16.4. The van der Waals surface area contributed by atoms with E-state index in [4.69, 9.17) is 10.2 Å². The van der Waals surface area contributed by atoms with Gasteiger partial charge < -0.3 is 30.8 Å². The van der Waals surface area contributed by atoms with Gasteiger partial charge in [0.1, 0.15) is 0 Å². The Morgan fingerprint density at radius 3 is 1.33 bits per heavy atom. The second-order valence-electron chi connectivity index (χ2n) is 12.5. The van der Waals surface area contributed by atoms with Crippen LogP contribution in [0.5, 0.6) is 0 Å². The topological polar surface area (TPSA) is 252 Å². The molecule has 2 rings (SSSR count). The third-order valence-electron chi connectivity index (χ3n) is 7.97. The van der Waals surface area contributed by atoms with Crippen LogP contribution in [0.15, 0.2) is 24.3 Å². The summed E-state index contributed by atoms with van der Waals surface area (Å²) in [5.74, 6) is -5.89. The number of aliphatic carboxylic acids is 5. The van der Waals surface area contributed by atoms with Gasteiger partial charge >= 0.3 is 29.8 Å². The quantitative estimate of drug-likeness (QED) is 0.0821. The minimum Gasteiger partial charge on any atom is -0.480 e. The molecular formula is C32H49N7O12. The molecule has 1 aromatic carbocycles. The number of nitrogens with one attached hydrogen (secondary N) is 1. The summed E-state index contributed by atoms with van der Waals surface area (Å²) in [6.07, 6.45) is 0.105. The van der Waals surface area contributed by atoms with Gasteiger partial charge in [-0.05, 0) is 24.7 Å². The third kappa shape index (κ3) is 19.4. The Kier molecular flexibility index (Phi) is 18.7. The minimum atomic E-state index is -1.15. The summed E-state index contributed by atoms with van der Waals surface area (Å²) in [5, 5.41) is 48.9. The number of anilines is 1. The molecule has 1 aromatic rings. The van der Waals surface area contributed by atoms with E-state index in [9.17, 15) is 48.9 Å². The van der Waals surface area contributed by atoms with Gasteiger partial charge in [-0.25, -0.2) is 0 Å². The predicted molar refractivity (Wildman–Crippen MR) is 182 cm³/mol. The summed E-state index contributed by atoms with van der Waals surface area (Å²) in [7, 11) is 1.68. The summed E-state index contributed by atoms with van der Waals surface area (Å²) in [6, 6.07) is 6.71. The Hall–Kier alpha value is -4.53. The maximum absolute atomic E-state index is 13.1. The lowest BCUT2D eigenvalue weighted by Gasteiger charge is -2.32. The fourth-order valence-electron chi connectivity index (χ4n) is 5.47. The molecule has 1 saturated heterocycles. The normalized spacial score (nSPS) is 15.9. The van der Waals surface area contributed by atoms with E-state index in [0.717, 1.165) is 0 Å². The van der Waals surface area contributed by atoms with Crippen molar-refractivity contribution in [3.05, 3.63) is 29.8 Å². The fraction of sp³-hybridized carbons (Fsp3) is 0.594. The molecule has 1 amide bonds. The number of carboxylic acids is 5. The number of benzene rings is 1. The van der Waals surface area contributed by atoms with Crippen LogP contribution in [0.3, 0.4) is 0 Å². The molecule has 0 spiro atoms. The molecular weight excluding hydrogens is 674 g/mol. The van der Waals surface area contributed by atoms with Crippen molar-refractivity contribution in [2.24, 2.45) is 0 Å². The number of nitrogens with zero attached hydrogens (tertiary/aromatic N) is 6. The van der Waals surface area contributed by atoms with E-state index in [1.807, 2.05) is 4.90 Å². The molecule has 0 unspecified atom stereocenters. The number of hydrogen-bond donors (Lipinski definition) is 6. The van der Waals surface area contributed by atoms with Crippen molar-refractivity contribution in [2.75, 3.05) is 124 Å². The summed E-state index contributed by atoms with van der Waals surface area (Å²) < 4.78 is 0. The molecule has 1 aliphatic heterocycles. The minimum absolute atomic E-state index is 0.0596. The molecule has 1 aliphatic rings. The van der Waals surface area contributed by atoms with Crippen LogP contribution in [0.4, 0.5) is 5.69 Å². The van der Waals surface area contributed by atoms with Gasteiger partial charge in [-0.15, -0.1) is 0 Å². The zero-order valence-corrected chi connectivity index (χ0v) is 28.8. The Morgan fingerprint density at radius 2 is 0.961 bits per heavy atom. The lowest BCUT2D eigenvalue weighted by molar-refractivity contribution is -0.142. The summed E-state index contributed by atoms with van der Waals surface area (Å²) >= 11 is 0. The molecule has 1 fully saturated rings. The molecule has 0 aliphatic carbocycles. The van der Waals surface area contributed by atoms with Crippen molar-refractivity contribution in [3.8, 4) is 0 Å². The highest BCUT2D eigenvalue weighted by Gasteiger charge is 2.21. The molecule has 0 bridgehead atoms. The first-order chi connectivity index (χ1) is 24.1. The number of carboxylic acid groups (broad SMARTS) is 5. The number of carbonyl (C=O) groups is 7. The average molecular weight is 724 g/mol. The fourth-order valence-corrected chi connectivity index (χ4v) is 5.47. The molecule has 0 radical (unpaired) electrons. The van der Waals surface area contributed by atoms with E-state index >= 15 is 0 Å². The highest BCUT2D eigenvalue weighted by molar-refractivity contribution is 5.92. The summed E-state index contributed by atoms with van der Waals surface area (Å²) in [4.78, 5) is 91.8. The lowest BCUT2D eigenvalue weighted by atomic mass is 10.1. The van der Waals surface area contributed by atoms with E-state index in [0.29, 0.717) is 24.3 Å². The van der Waals surface area contributed by atoms with Crippen molar-refractivity contribution in [1.29, 1.82) is 0 Å². The van der Waals surface area contributed by atoms with E-state index in [1.165, 1.54) is 4.90 Å². The van der Waals surface area contributed by atoms with Gasteiger partial charge in [0.25, 0.3) is 0 Å². The van der Waals surface area contributed by atoms with Gasteiger partial charge in [-0.2, -0.15) is 0 Å². The van der Waals surface area contributed by atoms with Crippen LogP contribution >= 0.6 is 0 Å². The van der Waals surface area contributed by atoms with E-state index in [1.54, 1.807) is 50.9 Å². The highest BCUT2D eigenvalue weighted by Crippen LogP contribution is 2.11. The molecule has 19 nitrogen and oxygen atoms in total. The molecule has 0 aromatic heterocycles.